The molecule has 0 radical (unpaired) electrons. The van der Waals surface area contributed by atoms with Gasteiger partial charge in [0.05, 0.1) is 22.1 Å². The van der Waals surface area contributed by atoms with Gasteiger partial charge in [-0.05, 0) is 74.7 Å². The van der Waals surface area contributed by atoms with Crippen LogP contribution in [0.15, 0.2) is 42.5 Å². The number of fused-ring (bicyclic) bond motifs is 1. The Bertz CT molecular complexity index is 985. The van der Waals surface area contributed by atoms with Crippen LogP contribution in [0.2, 0.25) is 10.0 Å². The van der Waals surface area contributed by atoms with Gasteiger partial charge in [0.15, 0.2) is 0 Å². The third-order valence-electron chi connectivity index (χ3n) is 6.96. The van der Waals surface area contributed by atoms with Gasteiger partial charge in [-0.2, -0.15) is 0 Å². The lowest BCUT2D eigenvalue weighted by atomic mass is 9.55. The number of amides is 1. The molecule has 5 nitrogen and oxygen atoms in total. The number of phenolic OH excluding ortho intramolecular Hbond substituents is 1. The lowest BCUT2D eigenvalue weighted by Crippen LogP contribution is -2.66. The first-order valence-electron chi connectivity index (χ1n) is 10.6. The quantitative estimate of drug-likeness (QED) is 0.643. The number of carbonyl (C=O) groups is 1. The Balaban J connectivity index is 1.55. The molecule has 31 heavy (non-hydrogen) atoms. The maximum atomic E-state index is 12.8. The number of aliphatic hydroxyl groups is 1. The van der Waals surface area contributed by atoms with Crippen molar-refractivity contribution < 1.29 is 15.0 Å². The number of hydrogen-bond acceptors (Lipinski definition) is 4. The molecular weight excluding hydrogens is 435 g/mol. The van der Waals surface area contributed by atoms with E-state index in [1.54, 1.807) is 30.3 Å². The highest BCUT2D eigenvalue weighted by molar-refractivity contribution is 6.42. The molecular formula is C24H28Cl2N2O3. The summed E-state index contributed by atoms with van der Waals surface area (Å²) >= 11 is 12.0. The number of nitrogens with one attached hydrogen (secondary N) is 1. The molecule has 1 saturated heterocycles. The molecule has 1 heterocycles. The average Bonchev–Trinajstić information content (AvgIpc) is 2.71. The highest BCUT2D eigenvalue weighted by Gasteiger charge is 2.57. The van der Waals surface area contributed by atoms with Crippen molar-refractivity contribution in [2.75, 3.05) is 20.1 Å². The number of likely N-dealkylation sites (N-methyl/N-ethyl adjacent to an activating group) is 1. The number of β-amino-alcohol motifs (C(OH)–C–C–N with tert-alkyl or cyclic N) is 1. The van der Waals surface area contributed by atoms with Crippen molar-refractivity contribution in [1.29, 1.82) is 0 Å². The number of rotatable bonds is 4. The van der Waals surface area contributed by atoms with Crippen LogP contribution >= 0.6 is 23.2 Å². The second-order valence-corrected chi connectivity index (χ2v) is 9.90. The number of likely N-dealkylation sites (tertiary alicyclic amines) is 1. The minimum atomic E-state index is -0.904. The van der Waals surface area contributed by atoms with Gasteiger partial charge in [-0.15, -0.1) is 0 Å². The number of nitrogens with zero attached hydrogens (tertiary/aromatic N) is 1. The molecule has 0 aromatic heterocycles. The third kappa shape index (κ3) is 4.42. The SMILES string of the molecule is CN1CC[C@@]2(c3cccc(O)c3)C[C@@H](NC(=O)Cc3ccc(Cl)c(Cl)c3)CC[C@]2(O)C1. The zero-order chi connectivity index (χ0) is 22.2. The zero-order valence-electron chi connectivity index (χ0n) is 17.6. The Hall–Kier alpha value is -1.79. The van der Waals surface area contributed by atoms with Gasteiger partial charge >= 0.3 is 0 Å². The molecule has 3 N–H and O–H groups in total. The smallest absolute Gasteiger partial charge is 0.224 e. The molecule has 0 bridgehead atoms. The maximum Gasteiger partial charge on any atom is 0.224 e. The summed E-state index contributed by atoms with van der Waals surface area (Å²) in [5, 5.41) is 25.9. The number of aromatic hydroxyl groups is 1. The van der Waals surface area contributed by atoms with Crippen molar-refractivity contribution in [3.63, 3.8) is 0 Å². The highest BCUT2D eigenvalue weighted by Crippen LogP contribution is 2.51. The Morgan fingerprint density at radius 3 is 2.74 bits per heavy atom. The molecule has 166 valence electrons. The van der Waals surface area contributed by atoms with E-state index < -0.39 is 11.0 Å². The summed E-state index contributed by atoms with van der Waals surface area (Å²) in [4.78, 5) is 14.9. The second-order valence-electron chi connectivity index (χ2n) is 9.08. The van der Waals surface area contributed by atoms with E-state index in [2.05, 4.69) is 10.2 Å². The molecule has 3 atom stereocenters. The van der Waals surface area contributed by atoms with Crippen LogP contribution in [0.5, 0.6) is 5.75 Å². The number of piperidine rings is 1. The molecule has 2 fully saturated rings. The van der Waals surface area contributed by atoms with Crippen LogP contribution in [0.1, 0.15) is 36.8 Å². The molecule has 1 aliphatic carbocycles. The summed E-state index contributed by atoms with van der Waals surface area (Å²) in [5.74, 6) is 0.117. The van der Waals surface area contributed by atoms with E-state index in [0.29, 0.717) is 35.9 Å². The molecule has 4 rings (SSSR count). The second kappa shape index (κ2) is 8.62. The van der Waals surface area contributed by atoms with Crippen molar-refractivity contribution in [1.82, 2.24) is 10.2 Å². The lowest BCUT2D eigenvalue weighted by Gasteiger charge is -2.57. The molecule has 0 spiro atoms. The van der Waals surface area contributed by atoms with Gasteiger partial charge in [-0.1, -0.05) is 41.4 Å². The topological polar surface area (TPSA) is 72.8 Å². The molecule has 7 heteroatoms. The summed E-state index contributed by atoms with van der Waals surface area (Å²) < 4.78 is 0. The van der Waals surface area contributed by atoms with E-state index in [-0.39, 0.29) is 24.1 Å². The number of benzene rings is 2. The van der Waals surface area contributed by atoms with Gasteiger partial charge in [0.2, 0.25) is 5.91 Å². The minimum Gasteiger partial charge on any atom is -0.508 e. The van der Waals surface area contributed by atoms with Crippen LogP contribution in [-0.2, 0) is 16.6 Å². The van der Waals surface area contributed by atoms with Crippen LogP contribution < -0.4 is 5.32 Å². The van der Waals surface area contributed by atoms with Gasteiger partial charge in [-0.25, -0.2) is 0 Å². The first-order valence-corrected chi connectivity index (χ1v) is 11.4. The van der Waals surface area contributed by atoms with E-state index in [1.165, 1.54) is 0 Å². The van der Waals surface area contributed by atoms with Crippen LogP contribution in [0.25, 0.3) is 0 Å². The van der Waals surface area contributed by atoms with E-state index >= 15 is 0 Å². The Labute approximate surface area is 193 Å². The van der Waals surface area contributed by atoms with Crippen LogP contribution in [0, 0.1) is 0 Å². The average molecular weight is 463 g/mol. The molecule has 1 aliphatic heterocycles. The predicted molar refractivity (Wildman–Crippen MR) is 123 cm³/mol. The molecule has 2 aromatic rings. The first-order chi connectivity index (χ1) is 14.7. The third-order valence-corrected chi connectivity index (χ3v) is 7.70. The zero-order valence-corrected chi connectivity index (χ0v) is 19.1. The van der Waals surface area contributed by atoms with Gasteiger partial charge in [0, 0.05) is 18.0 Å². The van der Waals surface area contributed by atoms with E-state index in [4.69, 9.17) is 23.2 Å². The van der Waals surface area contributed by atoms with Crippen LogP contribution in [-0.4, -0.2) is 52.8 Å². The molecule has 2 aliphatic rings. The molecule has 1 saturated carbocycles. The first kappa shape index (κ1) is 22.4. The summed E-state index contributed by atoms with van der Waals surface area (Å²) in [6.07, 6.45) is 2.92. The number of phenols is 1. The Morgan fingerprint density at radius 2 is 2.00 bits per heavy atom. The van der Waals surface area contributed by atoms with Gasteiger partial charge in [0.25, 0.3) is 0 Å². The summed E-state index contributed by atoms with van der Waals surface area (Å²) in [6, 6.07) is 12.4. The lowest BCUT2D eigenvalue weighted by molar-refractivity contribution is -0.131. The highest BCUT2D eigenvalue weighted by atomic mass is 35.5. The van der Waals surface area contributed by atoms with Crippen LogP contribution in [0.4, 0.5) is 0 Å². The van der Waals surface area contributed by atoms with E-state index in [1.807, 2.05) is 19.2 Å². The Morgan fingerprint density at radius 1 is 1.19 bits per heavy atom. The van der Waals surface area contributed by atoms with Crippen molar-refractivity contribution in [2.24, 2.45) is 0 Å². The maximum absolute atomic E-state index is 12.8. The fraction of sp³-hybridized carbons (Fsp3) is 0.458. The van der Waals surface area contributed by atoms with Crippen molar-refractivity contribution >= 4 is 29.1 Å². The number of carbonyl (C=O) groups excluding carboxylic acids is 1. The number of halogens is 2. The Kier molecular flexibility index (Phi) is 6.23. The minimum absolute atomic E-state index is 0.0543. The van der Waals surface area contributed by atoms with E-state index in [9.17, 15) is 15.0 Å². The fourth-order valence-electron chi connectivity index (χ4n) is 5.41. The normalized spacial score (nSPS) is 28.7. The summed E-state index contributed by atoms with van der Waals surface area (Å²) in [6.45, 7) is 1.43. The van der Waals surface area contributed by atoms with Crippen molar-refractivity contribution in [3.8, 4) is 5.75 Å². The molecule has 0 unspecified atom stereocenters. The van der Waals surface area contributed by atoms with Crippen LogP contribution in [0.3, 0.4) is 0 Å². The van der Waals surface area contributed by atoms with Crippen molar-refractivity contribution in [2.45, 2.75) is 49.2 Å². The molecule has 1 amide bonds. The molecule has 2 aromatic carbocycles. The summed E-state index contributed by atoms with van der Waals surface area (Å²) in [7, 11) is 2.02. The van der Waals surface area contributed by atoms with E-state index in [0.717, 1.165) is 24.1 Å². The standard InChI is InChI=1S/C24H28Cl2N2O3/c1-28-10-9-23(17-3-2-4-19(29)13-17)14-18(7-8-24(23,31)15-28)27-22(30)12-16-5-6-20(25)21(26)11-16/h2-6,11,13,18,29,31H,7-10,12,14-15H2,1H3,(H,27,30)/t18-,23-,24-/m0/s1. The summed E-state index contributed by atoms with van der Waals surface area (Å²) in [5.41, 5.74) is 0.323. The largest absolute Gasteiger partial charge is 0.508 e. The van der Waals surface area contributed by atoms with Gasteiger partial charge < -0.3 is 20.4 Å². The fourth-order valence-corrected chi connectivity index (χ4v) is 5.73. The van der Waals surface area contributed by atoms with Crippen molar-refractivity contribution in [3.05, 3.63) is 63.6 Å². The van der Waals surface area contributed by atoms with Gasteiger partial charge in [0.1, 0.15) is 5.75 Å². The predicted octanol–water partition coefficient (Wildman–Crippen LogP) is 3.91. The monoisotopic (exact) mass is 462 g/mol. The van der Waals surface area contributed by atoms with Gasteiger partial charge in [-0.3, -0.25) is 4.79 Å². The number of hydrogen-bond donors (Lipinski definition) is 3.